The highest BCUT2D eigenvalue weighted by Gasteiger charge is 2.35. The molecular weight excluding hydrogens is 410 g/mol. The second kappa shape index (κ2) is 8.73. The van der Waals surface area contributed by atoms with Crippen molar-refractivity contribution in [3.05, 3.63) is 105 Å². The highest BCUT2D eigenvalue weighted by atomic mass is 16.6. The Balaban J connectivity index is 1.69. The van der Waals surface area contributed by atoms with E-state index in [1.165, 1.54) is 18.2 Å². The van der Waals surface area contributed by atoms with Crippen molar-refractivity contribution in [3.63, 3.8) is 0 Å². The lowest BCUT2D eigenvalue weighted by Crippen LogP contribution is -2.35. The molecule has 0 unspecified atom stereocenters. The van der Waals surface area contributed by atoms with Gasteiger partial charge in [0.1, 0.15) is 12.2 Å². The Kier molecular flexibility index (Phi) is 5.67. The van der Waals surface area contributed by atoms with Crippen LogP contribution in [0.1, 0.15) is 16.7 Å². The zero-order chi connectivity index (χ0) is 22.7. The highest BCUT2D eigenvalue weighted by Crippen LogP contribution is 2.34. The van der Waals surface area contributed by atoms with Crippen molar-refractivity contribution in [2.45, 2.75) is 13.5 Å². The van der Waals surface area contributed by atoms with Crippen molar-refractivity contribution in [1.29, 1.82) is 0 Å². The maximum atomic E-state index is 12.9. The number of carbonyl (C=O) groups excluding carboxylic acids is 2. The zero-order valence-corrected chi connectivity index (χ0v) is 17.1. The van der Waals surface area contributed by atoms with Crippen LogP contribution in [0.2, 0.25) is 0 Å². The minimum absolute atomic E-state index is 0.00901. The summed E-state index contributed by atoms with van der Waals surface area (Å²) in [4.78, 5) is 36.4. The number of nitrogens with zero attached hydrogens (tertiary/aromatic N) is 2. The summed E-state index contributed by atoms with van der Waals surface area (Å²) in [6.45, 7) is 2.03. The normalized spacial score (nSPS) is 14.5. The maximum Gasteiger partial charge on any atom is 0.311 e. The molecule has 2 amide bonds. The van der Waals surface area contributed by atoms with Gasteiger partial charge in [0, 0.05) is 11.6 Å². The Morgan fingerprint density at radius 2 is 1.78 bits per heavy atom. The summed E-state index contributed by atoms with van der Waals surface area (Å²) < 4.78 is 5.82. The molecule has 8 heteroatoms. The van der Waals surface area contributed by atoms with Crippen molar-refractivity contribution in [2.75, 3.05) is 5.01 Å². The number of nitrogens with one attached hydrogen (secondary N) is 1. The summed E-state index contributed by atoms with van der Waals surface area (Å²) >= 11 is 0. The fourth-order valence-corrected chi connectivity index (χ4v) is 3.39. The van der Waals surface area contributed by atoms with Crippen LogP contribution in [0.15, 0.2) is 78.4 Å². The number of carbonyl (C=O) groups is 2. The standard InChI is InChI=1S/C24H19N3O5/c1-16-7-5-8-17(13-16)15-32-22-18(9-6-12-21(22)27(30)31)14-20-23(28)25-26(24(20)29)19-10-3-2-4-11-19/h2-14H,15H2,1H3,(H,25,28). The first-order chi connectivity index (χ1) is 15.4. The van der Waals surface area contributed by atoms with Crippen LogP contribution in [-0.4, -0.2) is 16.7 Å². The average Bonchev–Trinajstić information content (AvgIpc) is 3.07. The van der Waals surface area contributed by atoms with Crippen LogP contribution in [0, 0.1) is 17.0 Å². The Bertz CT molecular complexity index is 1240. The van der Waals surface area contributed by atoms with Crippen LogP contribution in [0.5, 0.6) is 5.75 Å². The monoisotopic (exact) mass is 429 g/mol. The molecule has 1 N–H and O–H groups in total. The molecule has 0 bridgehead atoms. The molecule has 8 nitrogen and oxygen atoms in total. The number of nitro benzene ring substituents is 1. The number of hydrogen-bond acceptors (Lipinski definition) is 5. The lowest BCUT2D eigenvalue weighted by molar-refractivity contribution is -0.386. The quantitative estimate of drug-likeness (QED) is 0.277. The van der Waals surface area contributed by atoms with E-state index in [1.54, 1.807) is 36.4 Å². The Morgan fingerprint density at radius 3 is 2.50 bits per heavy atom. The zero-order valence-electron chi connectivity index (χ0n) is 17.1. The molecule has 0 saturated carbocycles. The Hall–Kier alpha value is -4.46. The summed E-state index contributed by atoms with van der Waals surface area (Å²) in [7, 11) is 0. The molecule has 0 aromatic heterocycles. The number of benzene rings is 3. The predicted molar refractivity (Wildman–Crippen MR) is 119 cm³/mol. The van der Waals surface area contributed by atoms with Gasteiger partial charge in [-0.2, -0.15) is 0 Å². The second-order valence-electron chi connectivity index (χ2n) is 7.21. The molecule has 3 aromatic carbocycles. The third kappa shape index (κ3) is 4.20. The molecule has 1 aliphatic rings. The summed E-state index contributed by atoms with van der Waals surface area (Å²) in [6, 6.07) is 20.6. The van der Waals surface area contributed by atoms with Gasteiger partial charge >= 0.3 is 5.69 Å². The number of para-hydroxylation sites is 2. The highest BCUT2D eigenvalue weighted by molar-refractivity contribution is 6.31. The smallest absolute Gasteiger partial charge is 0.311 e. The second-order valence-corrected chi connectivity index (χ2v) is 7.21. The molecule has 1 heterocycles. The minimum Gasteiger partial charge on any atom is -0.482 e. The molecule has 1 saturated heterocycles. The average molecular weight is 429 g/mol. The minimum atomic E-state index is -0.602. The van der Waals surface area contributed by atoms with Gasteiger partial charge in [-0.3, -0.25) is 25.1 Å². The number of aryl methyl sites for hydroxylation is 1. The molecule has 3 aromatic rings. The van der Waals surface area contributed by atoms with Crippen molar-refractivity contribution >= 4 is 29.3 Å². The topological polar surface area (TPSA) is 102 Å². The van der Waals surface area contributed by atoms with Gasteiger partial charge in [-0.25, -0.2) is 5.01 Å². The predicted octanol–water partition coefficient (Wildman–Crippen LogP) is 3.94. The van der Waals surface area contributed by atoms with Gasteiger partial charge < -0.3 is 4.74 Å². The third-order valence-corrected chi connectivity index (χ3v) is 4.89. The summed E-state index contributed by atoms with van der Waals surface area (Å²) in [5.41, 5.74) is 4.76. The summed E-state index contributed by atoms with van der Waals surface area (Å²) in [5.74, 6) is -1.17. The molecule has 0 atom stereocenters. The van der Waals surface area contributed by atoms with Crippen molar-refractivity contribution in [2.24, 2.45) is 0 Å². The van der Waals surface area contributed by atoms with E-state index < -0.39 is 16.7 Å². The Morgan fingerprint density at radius 1 is 1.03 bits per heavy atom. The first-order valence-electron chi connectivity index (χ1n) is 9.82. The van der Waals surface area contributed by atoms with Crippen LogP contribution in [0.4, 0.5) is 11.4 Å². The molecule has 1 fully saturated rings. The first kappa shape index (κ1) is 20.8. The van der Waals surface area contributed by atoms with Gasteiger partial charge in [0.2, 0.25) is 5.75 Å². The van der Waals surface area contributed by atoms with Gasteiger partial charge in [0.05, 0.1) is 10.6 Å². The maximum absolute atomic E-state index is 12.9. The number of amides is 2. The van der Waals surface area contributed by atoms with Gasteiger partial charge in [0.15, 0.2) is 0 Å². The van der Waals surface area contributed by atoms with Crippen molar-refractivity contribution in [3.8, 4) is 5.75 Å². The van der Waals surface area contributed by atoms with E-state index in [0.29, 0.717) is 5.69 Å². The fourth-order valence-electron chi connectivity index (χ4n) is 3.39. The van der Waals surface area contributed by atoms with Crippen molar-refractivity contribution in [1.82, 2.24) is 5.43 Å². The van der Waals surface area contributed by atoms with E-state index in [2.05, 4.69) is 5.43 Å². The molecule has 160 valence electrons. The van der Waals surface area contributed by atoms with E-state index in [0.717, 1.165) is 16.1 Å². The molecule has 1 aliphatic heterocycles. The van der Waals surface area contributed by atoms with E-state index in [9.17, 15) is 19.7 Å². The number of rotatable bonds is 6. The number of hydrazine groups is 1. The summed E-state index contributed by atoms with van der Waals surface area (Å²) in [6.07, 6.45) is 1.32. The molecule has 0 aliphatic carbocycles. The Labute approximate surface area is 183 Å². The lowest BCUT2D eigenvalue weighted by Gasteiger charge is -2.14. The number of nitro groups is 1. The van der Waals surface area contributed by atoms with E-state index in [4.69, 9.17) is 4.74 Å². The van der Waals surface area contributed by atoms with Crippen LogP contribution in [0.3, 0.4) is 0 Å². The number of hydrogen-bond donors (Lipinski definition) is 1. The molecule has 0 spiro atoms. The van der Waals surface area contributed by atoms with Crippen LogP contribution in [-0.2, 0) is 16.2 Å². The number of anilines is 1. The van der Waals surface area contributed by atoms with Gasteiger partial charge in [-0.05, 0) is 30.7 Å². The van der Waals surface area contributed by atoms with Crippen LogP contribution < -0.4 is 15.2 Å². The third-order valence-electron chi connectivity index (χ3n) is 4.89. The van der Waals surface area contributed by atoms with Crippen LogP contribution >= 0.6 is 0 Å². The van der Waals surface area contributed by atoms with Gasteiger partial charge in [0.25, 0.3) is 11.8 Å². The van der Waals surface area contributed by atoms with Gasteiger partial charge in [-0.1, -0.05) is 60.2 Å². The van der Waals surface area contributed by atoms with Gasteiger partial charge in [-0.15, -0.1) is 0 Å². The largest absolute Gasteiger partial charge is 0.482 e. The molecule has 0 radical (unpaired) electrons. The van der Waals surface area contributed by atoms with E-state index >= 15 is 0 Å². The number of ether oxygens (including phenoxy) is 1. The molecule has 4 rings (SSSR count). The fraction of sp³-hybridized carbons (Fsp3) is 0.0833. The molecular formula is C24H19N3O5. The van der Waals surface area contributed by atoms with E-state index in [1.807, 2.05) is 31.2 Å². The lowest BCUT2D eigenvalue weighted by atomic mass is 10.1. The van der Waals surface area contributed by atoms with Crippen molar-refractivity contribution < 1.29 is 19.2 Å². The van der Waals surface area contributed by atoms with Crippen LogP contribution in [0.25, 0.3) is 6.08 Å². The molecule has 32 heavy (non-hydrogen) atoms. The summed E-state index contributed by atoms with van der Waals surface area (Å²) in [5, 5.41) is 12.7. The SMILES string of the molecule is Cc1cccc(COc2c(C=C3C(=O)NN(c4ccccc4)C3=O)cccc2[N+](=O)[O-])c1. The first-order valence-corrected chi connectivity index (χ1v) is 9.82. The van der Waals surface area contributed by atoms with E-state index in [-0.39, 0.29) is 29.2 Å².